The maximum Gasteiger partial charge on any atom is 0.313 e. The number of ether oxygens (including phenoxy) is 1. The Hall–Kier alpha value is -1.39. The normalized spacial score (nSPS) is 34.6. The summed E-state index contributed by atoms with van der Waals surface area (Å²) in [7, 11) is 0. The fourth-order valence-electron chi connectivity index (χ4n) is 3.63. The SMILES string of the molecule is C=C1C[C@H](O)/C=C(\C)CC[C@@H]2[C@@H](/C=C/CC(C)(C)O)C(=O)OC[C@@H]12. The van der Waals surface area contributed by atoms with Gasteiger partial charge in [0.2, 0.25) is 0 Å². The van der Waals surface area contributed by atoms with Gasteiger partial charge in [0.25, 0.3) is 0 Å². The molecular weight excluding hydrogens is 304 g/mol. The van der Waals surface area contributed by atoms with E-state index in [0.717, 1.165) is 24.0 Å². The van der Waals surface area contributed by atoms with Gasteiger partial charge in [-0.3, -0.25) is 4.79 Å². The van der Waals surface area contributed by atoms with Crippen LogP contribution in [0.4, 0.5) is 0 Å². The predicted octanol–water partition coefficient (Wildman–Crippen LogP) is 3.16. The molecule has 0 aromatic carbocycles. The van der Waals surface area contributed by atoms with E-state index in [0.29, 0.717) is 19.4 Å². The number of cyclic esters (lactones) is 1. The Bertz CT molecular complexity index is 538. The van der Waals surface area contributed by atoms with Crippen LogP contribution >= 0.6 is 0 Å². The lowest BCUT2D eigenvalue weighted by Gasteiger charge is -2.37. The molecule has 1 fully saturated rings. The zero-order valence-electron chi connectivity index (χ0n) is 15.0. The zero-order valence-corrected chi connectivity index (χ0v) is 15.0. The molecule has 0 aromatic rings. The van der Waals surface area contributed by atoms with Gasteiger partial charge < -0.3 is 14.9 Å². The Morgan fingerprint density at radius 2 is 2.17 bits per heavy atom. The third-order valence-corrected chi connectivity index (χ3v) is 4.96. The molecule has 0 bridgehead atoms. The molecular formula is C20H30O4. The van der Waals surface area contributed by atoms with Crippen molar-refractivity contribution < 1.29 is 19.7 Å². The van der Waals surface area contributed by atoms with Crippen molar-refractivity contribution in [3.63, 3.8) is 0 Å². The molecule has 24 heavy (non-hydrogen) atoms. The van der Waals surface area contributed by atoms with E-state index in [9.17, 15) is 15.0 Å². The number of esters is 1. The molecule has 2 aliphatic rings. The van der Waals surface area contributed by atoms with E-state index in [1.54, 1.807) is 13.8 Å². The summed E-state index contributed by atoms with van der Waals surface area (Å²) in [6, 6.07) is 0. The summed E-state index contributed by atoms with van der Waals surface area (Å²) in [5.41, 5.74) is 1.31. The first-order chi connectivity index (χ1) is 11.2. The van der Waals surface area contributed by atoms with Crippen molar-refractivity contribution in [2.75, 3.05) is 6.61 Å². The standard InChI is InChI=1S/C20H30O4/c1-13-7-8-16-17(6-5-9-20(3,4)23)19(22)24-12-18(16)14(2)11-15(21)10-13/h5-6,10,15-18,21,23H,2,7-9,11-12H2,1,3-4H3/b6-5+,13-10+/t15-,16-,17-,18+/m1/s1. The molecule has 0 unspecified atom stereocenters. The molecule has 1 aliphatic heterocycles. The molecule has 134 valence electrons. The minimum atomic E-state index is -0.792. The van der Waals surface area contributed by atoms with Crippen LogP contribution in [0, 0.1) is 17.8 Å². The van der Waals surface area contributed by atoms with Gasteiger partial charge in [0.05, 0.1) is 24.2 Å². The molecule has 4 heteroatoms. The number of rotatable bonds is 3. The number of allylic oxidation sites excluding steroid dienone is 1. The molecule has 1 heterocycles. The summed E-state index contributed by atoms with van der Waals surface area (Å²) >= 11 is 0. The Morgan fingerprint density at radius 3 is 2.83 bits per heavy atom. The number of aliphatic hydroxyl groups excluding tert-OH is 1. The first-order valence-electron chi connectivity index (χ1n) is 8.76. The molecule has 1 saturated heterocycles. The third kappa shape index (κ3) is 5.05. The van der Waals surface area contributed by atoms with Crippen LogP contribution in [0.1, 0.15) is 46.5 Å². The molecule has 4 nitrogen and oxygen atoms in total. The van der Waals surface area contributed by atoms with Gasteiger partial charge in [0.15, 0.2) is 0 Å². The maximum atomic E-state index is 12.3. The highest BCUT2D eigenvalue weighted by atomic mass is 16.5. The van der Waals surface area contributed by atoms with E-state index in [1.807, 2.05) is 25.2 Å². The van der Waals surface area contributed by atoms with Crippen LogP contribution in [-0.2, 0) is 9.53 Å². The Morgan fingerprint density at radius 1 is 1.46 bits per heavy atom. The number of fused-ring (bicyclic) bond motifs is 1. The molecule has 2 rings (SSSR count). The van der Waals surface area contributed by atoms with Gasteiger partial charge in [-0.05, 0) is 52.4 Å². The minimum Gasteiger partial charge on any atom is -0.465 e. The summed E-state index contributed by atoms with van der Waals surface area (Å²) in [4.78, 5) is 12.3. The number of hydrogen-bond acceptors (Lipinski definition) is 4. The van der Waals surface area contributed by atoms with Crippen LogP contribution in [0.3, 0.4) is 0 Å². The van der Waals surface area contributed by atoms with Gasteiger partial charge in [-0.15, -0.1) is 0 Å². The molecule has 0 spiro atoms. The van der Waals surface area contributed by atoms with Crippen LogP contribution in [0.15, 0.2) is 36.0 Å². The van der Waals surface area contributed by atoms with E-state index in [4.69, 9.17) is 4.74 Å². The van der Waals surface area contributed by atoms with Crippen molar-refractivity contribution >= 4 is 5.97 Å². The van der Waals surface area contributed by atoms with Crippen molar-refractivity contribution in [2.24, 2.45) is 17.8 Å². The molecule has 0 radical (unpaired) electrons. The average Bonchev–Trinajstić information content (AvgIpc) is 2.49. The fourth-order valence-corrected chi connectivity index (χ4v) is 3.63. The molecule has 4 atom stereocenters. The van der Waals surface area contributed by atoms with Gasteiger partial charge in [-0.2, -0.15) is 0 Å². The van der Waals surface area contributed by atoms with Crippen LogP contribution in [0.25, 0.3) is 0 Å². The Balaban J connectivity index is 2.22. The molecule has 0 saturated carbocycles. The van der Waals surface area contributed by atoms with E-state index in [2.05, 4.69) is 6.58 Å². The van der Waals surface area contributed by atoms with Crippen molar-refractivity contribution in [2.45, 2.75) is 58.2 Å². The molecule has 1 aliphatic carbocycles. The summed E-state index contributed by atoms with van der Waals surface area (Å²) in [5, 5.41) is 20.0. The highest BCUT2D eigenvalue weighted by Crippen LogP contribution is 2.39. The smallest absolute Gasteiger partial charge is 0.313 e. The summed E-state index contributed by atoms with van der Waals surface area (Å²) in [5.74, 6) is -0.303. The van der Waals surface area contributed by atoms with Crippen molar-refractivity contribution in [3.8, 4) is 0 Å². The van der Waals surface area contributed by atoms with Crippen molar-refractivity contribution in [1.29, 1.82) is 0 Å². The summed E-state index contributed by atoms with van der Waals surface area (Å²) < 4.78 is 5.40. The third-order valence-electron chi connectivity index (χ3n) is 4.96. The lowest BCUT2D eigenvalue weighted by Crippen LogP contribution is -2.39. The quantitative estimate of drug-likeness (QED) is 0.614. The van der Waals surface area contributed by atoms with Gasteiger partial charge in [-0.25, -0.2) is 0 Å². The second kappa shape index (κ2) is 7.66. The Kier molecular flexibility index (Phi) is 6.05. The summed E-state index contributed by atoms with van der Waals surface area (Å²) in [6.07, 6.45) is 7.87. The monoisotopic (exact) mass is 334 g/mol. The van der Waals surface area contributed by atoms with Crippen LogP contribution < -0.4 is 0 Å². The second-order valence-corrected chi connectivity index (χ2v) is 7.85. The van der Waals surface area contributed by atoms with Crippen molar-refractivity contribution in [3.05, 3.63) is 36.0 Å². The molecule has 2 N–H and O–H groups in total. The van der Waals surface area contributed by atoms with Crippen LogP contribution in [-0.4, -0.2) is 34.5 Å². The first kappa shape index (κ1) is 18.9. The van der Waals surface area contributed by atoms with E-state index in [-0.39, 0.29) is 23.7 Å². The van der Waals surface area contributed by atoms with Gasteiger partial charge >= 0.3 is 5.97 Å². The number of carbonyl (C=O) groups excluding carboxylic acids is 1. The predicted molar refractivity (Wildman–Crippen MR) is 94.2 cm³/mol. The van der Waals surface area contributed by atoms with Gasteiger partial charge in [0.1, 0.15) is 0 Å². The van der Waals surface area contributed by atoms with Crippen LogP contribution in [0.2, 0.25) is 0 Å². The van der Waals surface area contributed by atoms with Gasteiger partial charge in [0, 0.05) is 5.92 Å². The van der Waals surface area contributed by atoms with E-state index >= 15 is 0 Å². The highest BCUT2D eigenvalue weighted by molar-refractivity contribution is 5.75. The van der Waals surface area contributed by atoms with Crippen LogP contribution in [0.5, 0.6) is 0 Å². The number of hydrogen-bond donors (Lipinski definition) is 2. The maximum absolute atomic E-state index is 12.3. The van der Waals surface area contributed by atoms with E-state index in [1.165, 1.54) is 0 Å². The second-order valence-electron chi connectivity index (χ2n) is 7.85. The topological polar surface area (TPSA) is 66.8 Å². The largest absolute Gasteiger partial charge is 0.465 e. The van der Waals surface area contributed by atoms with E-state index < -0.39 is 11.7 Å². The number of aliphatic hydroxyl groups is 2. The minimum absolute atomic E-state index is 0.0773. The molecule has 0 aromatic heterocycles. The Labute approximate surface area is 144 Å². The lowest BCUT2D eigenvalue weighted by atomic mass is 9.73. The first-order valence-corrected chi connectivity index (χ1v) is 8.76. The fraction of sp³-hybridized carbons (Fsp3) is 0.650. The molecule has 0 amide bonds. The lowest BCUT2D eigenvalue weighted by molar-refractivity contribution is -0.157. The summed E-state index contributed by atoms with van der Waals surface area (Å²) in [6.45, 7) is 10.0. The zero-order chi connectivity index (χ0) is 17.9. The highest BCUT2D eigenvalue weighted by Gasteiger charge is 2.40. The number of carbonyl (C=O) groups is 1. The van der Waals surface area contributed by atoms with Gasteiger partial charge in [-0.1, -0.05) is 36.0 Å². The van der Waals surface area contributed by atoms with Crippen molar-refractivity contribution in [1.82, 2.24) is 0 Å². The average molecular weight is 334 g/mol.